The fourth-order valence-electron chi connectivity index (χ4n) is 1.15. The fourth-order valence-corrected chi connectivity index (χ4v) is 2.03. The average Bonchev–Trinajstić information content (AvgIpc) is 2.59. The molecular weight excluding hydrogens is 217 g/mol. The van der Waals surface area contributed by atoms with Gasteiger partial charge in [-0.25, -0.2) is 14.2 Å². The Kier molecular flexibility index (Phi) is 2.47. The molecule has 15 heavy (non-hydrogen) atoms. The van der Waals surface area contributed by atoms with Gasteiger partial charge in [0.05, 0.1) is 4.70 Å². The number of thiazole rings is 1. The van der Waals surface area contributed by atoms with Crippen LogP contribution in [0.25, 0.3) is 16.3 Å². The molecule has 0 fully saturated rings. The van der Waals surface area contributed by atoms with Crippen LogP contribution in [0.15, 0.2) is 24.3 Å². The van der Waals surface area contributed by atoms with E-state index in [9.17, 15) is 9.18 Å². The molecule has 1 aromatic heterocycles. The van der Waals surface area contributed by atoms with Crippen LogP contribution in [0, 0.1) is 5.82 Å². The van der Waals surface area contributed by atoms with Crippen LogP contribution >= 0.6 is 11.3 Å². The molecule has 0 bridgehead atoms. The summed E-state index contributed by atoms with van der Waals surface area (Å²) >= 11 is 1.25. The number of nitrogens with zero attached hydrogens (tertiary/aromatic N) is 1. The quantitative estimate of drug-likeness (QED) is 0.796. The Balaban J connectivity index is 2.48. The van der Waals surface area contributed by atoms with E-state index in [1.54, 1.807) is 12.1 Å². The second-order valence-electron chi connectivity index (χ2n) is 2.81. The standard InChI is InChI=1S/C10H6FNO2S/c11-6-2-1-3-7-10(6)12-8(15-7)4-5-9(13)14/h1-5H,(H,13,14)/b5-4+. The number of halogens is 1. The molecule has 2 rings (SSSR count). The molecule has 76 valence electrons. The summed E-state index contributed by atoms with van der Waals surface area (Å²) in [7, 11) is 0. The van der Waals surface area contributed by atoms with E-state index in [-0.39, 0.29) is 5.52 Å². The van der Waals surface area contributed by atoms with Gasteiger partial charge in [0.2, 0.25) is 0 Å². The van der Waals surface area contributed by atoms with Gasteiger partial charge in [-0.1, -0.05) is 6.07 Å². The lowest BCUT2D eigenvalue weighted by molar-refractivity contribution is -0.131. The lowest BCUT2D eigenvalue weighted by Gasteiger charge is -1.86. The molecule has 0 amide bonds. The number of rotatable bonds is 2. The van der Waals surface area contributed by atoms with Crippen molar-refractivity contribution < 1.29 is 14.3 Å². The van der Waals surface area contributed by atoms with E-state index in [0.29, 0.717) is 9.71 Å². The third-order valence-corrected chi connectivity index (χ3v) is 2.74. The predicted molar refractivity (Wildman–Crippen MR) is 56.2 cm³/mol. The zero-order valence-corrected chi connectivity index (χ0v) is 8.29. The SMILES string of the molecule is O=C(O)/C=C/c1nc2c(F)cccc2s1. The van der Waals surface area contributed by atoms with E-state index in [1.165, 1.54) is 23.5 Å². The number of aliphatic carboxylic acids is 1. The van der Waals surface area contributed by atoms with E-state index >= 15 is 0 Å². The largest absolute Gasteiger partial charge is 0.478 e. The van der Waals surface area contributed by atoms with Gasteiger partial charge in [-0.3, -0.25) is 0 Å². The monoisotopic (exact) mass is 223 g/mol. The number of benzene rings is 1. The fraction of sp³-hybridized carbons (Fsp3) is 0. The van der Waals surface area contributed by atoms with E-state index in [2.05, 4.69) is 4.98 Å². The number of carbonyl (C=O) groups is 1. The minimum atomic E-state index is -1.05. The molecule has 0 unspecified atom stereocenters. The van der Waals surface area contributed by atoms with Gasteiger partial charge in [-0.05, 0) is 18.2 Å². The average molecular weight is 223 g/mol. The van der Waals surface area contributed by atoms with Crippen LogP contribution in [-0.4, -0.2) is 16.1 Å². The topological polar surface area (TPSA) is 50.2 Å². The molecule has 1 heterocycles. The second-order valence-corrected chi connectivity index (χ2v) is 3.87. The first kappa shape index (κ1) is 9.79. The highest BCUT2D eigenvalue weighted by Crippen LogP contribution is 2.24. The molecule has 0 aliphatic carbocycles. The minimum Gasteiger partial charge on any atom is -0.478 e. The Labute approximate surface area is 88.5 Å². The molecule has 0 aliphatic heterocycles. The van der Waals surface area contributed by atoms with Gasteiger partial charge in [0.25, 0.3) is 0 Å². The van der Waals surface area contributed by atoms with Crippen molar-refractivity contribution in [3.63, 3.8) is 0 Å². The molecular formula is C10H6FNO2S. The van der Waals surface area contributed by atoms with Gasteiger partial charge in [-0.15, -0.1) is 11.3 Å². The summed E-state index contributed by atoms with van der Waals surface area (Å²) in [6.07, 6.45) is 2.34. The first-order valence-electron chi connectivity index (χ1n) is 4.13. The molecule has 1 N–H and O–H groups in total. The molecule has 0 radical (unpaired) electrons. The highest BCUT2D eigenvalue weighted by Gasteiger charge is 2.05. The van der Waals surface area contributed by atoms with Crippen LogP contribution < -0.4 is 0 Å². The third kappa shape index (κ3) is 2.02. The van der Waals surface area contributed by atoms with Crippen molar-refractivity contribution in [1.29, 1.82) is 0 Å². The summed E-state index contributed by atoms with van der Waals surface area (Å²) in [6, 6.07) is 4.67. The lowest BCUT2D eigenvalue weighted by Crippen LogP contribution is -1.85. The van der Waals surface area contributed by atoms with E-state index < -0.39 is 11.8 Å². The summed E-state index contributed by atoms with van der Waals surface area (Å²) in [6.45, 7) is 0. The summed E-state index contributed by atoms with van der Waals surface area (Å²) < 4.78 is 13.9. The highest BCUT2D eigenvalue weighted by atomic mass is 32.1. The van der Waals surface area contributed by atoms with Crippen molar-refractivity contribution in [2.24, 2.45) is 0 Å². The number of hydrogen-bond donors (Lipinski definition) is 1. The number of para-hydroxylation sites is 1. The zero-order valence-electron chi connectivity index (χ0n) is 7.48. The maximum absolute atomic E-state index is 13.2. The molecule has 3 nitrogen and oxygen atoms in total. The summed E-state index contributed by atoms with van der Waals surface area (Å²) in [5, 5.41) is 8.90. The second kappa shape index (κ2) is 3.78. The normalized spacial score (nSPS) is 11.3. The minimum absolute atomic E-state index is 0.285. The van der Waals surface area contributed by atoms with Gasteiger partial charge in [-0.2, -0.15) is 0 Å². The summed E-state index contributed by atoms with van der Waals surface area (Å²) in [5.74, 6) is -1.44. The number of carboxylic acid groups (broad SMARTS) is 1. The van der Waals surface area contributed by atoms with Gasteiger partial charge >= 0.3 is 5.97 Å². The number of hydrogen-bond acceptors (Lipinski definition) is 3. The Morgan fingerprint density at radius 2 is 2.33 bits per heavy atom. The van der Waals surface area contributed by atoms with Crippen molar-refractivity contribution in [3.05, 3.63) is 35.1 Å². The number of fused-ring (bicyclic) bond motifs is 1. The zero-order chi connectivity index (χ0) is 10.8. The first-order chi connectivity index (χ1) is 7.16. The lowest BCUT2D eigenvalue weighted by atomic mass is 10.3. The van der Waals surface area contributed by atoms with Crippen LogP contribution in [0.5, 0.6) is 0 Å². The molecule has 0 atom stereocenters. The van der Waals surface area contributed by atoms with Gasteiger partial charge in [0.1, 0.15) is 16.3 Å². The molecule has 0 saturated heterocycles. The summed E-state index contributed by atoms with van der Waals surface area (Å²) in [4.78, 5) is 14.2. The smallest absolute Gasteiger partial charge is 0.328 e. The maximum atomic E-state index is 13.2. The van der Waals surface area contributed by atoms with E-state index in [0.717, 1.165) is 6.08 Å². The van der Waals surface area contributed by atoms with Crippen molar-refractivity contribution in [2.45, 2.75) is 0 Å². The Bertz CT molecular complexity index is 547. The predicted octanol–water partition coefficient (Wildman–Crippen LogP) is 2.53. The number of aromatic nitrogens is 1. The molecule has 1 aromatic carbocycles. The number of carboxylic acids is 1. The van der Waals surface area contributed by atoms with Crippen molar-refractivity contribution >= 4 is 33.6 Å². The van der Waals surface area contributed by atoms with Crippen molar-refractivity contribution in [3.8, 4) is 0 Å². The molecule has 0 aliphatic rings. The Hall–Kier alpha value is -1.75. The van der Waals surface area contributed by atoms with Crippen LogP contribution in [0.1, 0.15) is 5.01 Å². The summed E-state index contributed by atoms with van der Waals surface area (Å²) in [5.41, 5.74) is 0.285. The van der Waals surface area contributed by atoms with Crippen LogP contribution in [0.3, 0.4) is 0 Å². The van der Waals surface area contributed by atoms with Crippen molar-refractivity contribution in [1.82, 2.24) is 4.98 Å². The Morgan fingerprint density at radius 3 is 3.00 bits per heavy atom. The van der Waals surface area contributed by atoms with Gasteiger partial charge in [0, 0.05) is 6.08 Å². The van der Waals surface area contributed by atoms with E-state index in [4.69, 9.17) is 5.11 Å². The molecule has 5 heteroatoms. The van der Waals surface area contributed by atoms with Crippen LogP contribution in [0.2, 0.25) is 0 Å². The third-order valence-electron chi connectivity index (χ3n) is 1.75. The Morgan fingerprint density at radius 1 is 1.53 bits per heavy atom. The molecule has 2 aromatic rings. The van der Waals surface area contributed by atoms with Gasteiger partial charge < -0.3 is 5.11 Å². The maximum Gasteiger partial charge on any atom is 0.328 e. The highest BCUT2D eigenvalue weighted by molar-refractivity contribution is 7.19. The molecule has 0 spiro atoms. The van der Waals surface area contributed by atoms with Crippen LogP contribution in [-0.2, 0) is 4.79 Å². The van der Waals surface area contributed by atoms with Crippen molar-refractivity contribution in [2.75, 3.05) is 0 Å². The van der Waals surface area contributed by atoms with Crippen LogP contribution in [0.4, 0.5) is 4.39 Å². The van der Waals surface area contributed by atoms with Gasteiger partial charge in [0.15, 0.2) is 0 Å². The van der Waals surface area contributed by atoms with E-state index in [1.807, 2.05) is 0 Å². The molecule has 0 saturated carbocycles. The first-order valence-corrected chi connectivity index (χ1v) is 4.94.